The van der Waals surface area contributed by atoms with Gasteiger partial charge in [-0.15, -0.1) is 0 Å². The van der Waals surface area contributed by atoms with Crippen molar-refractivity contribution in [3.8, 4) is 5.69 Å². The second-order valence-electron chi connectivity index (χ2n) is 8.39. The molecule has 1 fully saturated rings. The summed E-state index contributed by atoms with van der Waals surface area (Å²) in [5.41, 5.74) is 1.95. The standard InChI is InChI=1S/C26H23ClFN3O3/c1-15-12-20(24(32)29-18-7-5-17(27)6-8-18)21(13-15)25(33)30-23-10-9-19(14-22(23)28)31-11-3-4-16(2)26(31)34/h3-11,14,20-21H,1,12-13H2,2H3,(H,29,32)(H,30,33)/t20-,21-/m0/s1. The fourth-order valence-electron chi connectivity index (χ4n) is 4.10. The number of benzene rings is 2. The Morgan fingerprint density at radius 2 is 1.68 bits per heavy atom. The third-order valence-electron chi connectivity index (χ3n) is 5.91. The number of anilines is 2. The summed E-state index contributed by atoms with van der Waals surface area (Å²) >= 11 is 5.88. The van der Waals surface area contributed by atoms with Crippen molar-refractivity contribution in [3.05, 3.63) is 99.7 Å². The summed E-state index contributed by atoms with van der Waals surface area (Å²) in [5.74, 6) is -2.77. The summed E-state index contributed by atoms with van der Waals surface area (Å²) in [6, 6.07) is 14.2. The molecule has 34 heavy (non-hydrogen) atoms. The number of aryl methyl sites for hydroxylation is 1. The first-order valence-electron chi connectivity index (χ1n) is 10.7. The number of amides is 2. The van der Waals surface area contributed by atoms with Crippen molar-refractivity contribution >= 4 is 34.8 Å². The molecule has 1 aliphatic rings. The molecule has 1 heterocycles. The Kier molecular flexibility index (Phi) is 6.65. The van der Waals surface area contributed by atoms with Crippen molar-refractivity contribution in [3.63, 3.8) is 0 Å². The highest BCUT2D eigenvalue weighted by molar-refractivity contribution is 6.30. The van der Waals surface area contributed by atoms with Crippen LogP contribution < -0.4 is 16.2 Å². The van der Waals surface area contributed by atoms with Crippen LogP contribution in [0.4, 0.5) is 15.8 Å². The SMILES string of the molecule is C=C1C[C@H](C(=O)Nc2ccc(Cl)cc2)[C@@H](C(=O)Nc2ccc(-n3cccc(C)c3=O)cc2F)C1. The van der Waals surface area contributed by atoms with Gasteiger partial charge in [0.1, 0.15) is 5.82 Å². The Bertz CT molecular complexity index is 1330. The van der Waals surface area contributed by atoms with Crippen LogP contribution in [0.15, 0.2) is 77.7 Å². The zero-order valence-corrected chi connectivity index (χ0v) is 19.2. The van der Waals surface area contributed by atoms with E-state index in [1.54, 1.807) is 55.6 Å². The minimum Gasteiger partial charge on any atom is -0.326 e. The van der Waals surface area contributed by atoms with E-state index < -0.39 is 23.6 Å². The Morgan fingerprint density at radius 1 is 1.03 bits per heavy atom. The fourth-order valence-corrected chi connectivity index (χ4v) is 4.22. The molecule has 1 aromatic heterocycles. The van der Waals surface area contributed by atoms with Crippen molar-refractivity contribution in [2.45, 2.75) is 19.8 Å². The Hall–Kier alpha value is -3.71. The summed E-state index contributed by atoms with van der Waals surface area (Å²) in [5, 5.41) is 5.94. The Morgan fingerprint density at radius 3 is 2.32 bits per heavy atom. The van der Waals surface area contributed by atoms with Crippen LogP contribution in [0.25, 0.3) is 5.69 Å². The summed E-state index contributed by atoms with van der Waals surface area (Å²) in [6.45, 7) is 5.62. The molecule has 2 aromatic carbocycles. The summed E-state index contributed by atoms with van der Waals surface area (Å²) < 4.78 is 16.2. The van der Waals surface area contributed by atoms with Crippen LogP contribution >= 0.6 is 11.6 Å². The molecule has 6 nitrogen and oxygen atoms in total. The molecule has 0 aliphatic heterocycles. The van der Waals surface area contributed by atoms with E-state index in [1.165, 1.54) is 16.7 Å². The highest BCUT2D eigenvalue weighted by Gasteiger charge is 2.39. The number of carbonyl (C=O) groups is 2. The molecular weight excluding hydrogens is 457 g/mol. The largest absolute Gasteiger partial charge is 0.326 e. The predicted molar refractivity (Wildman–Crippen MR) is 131 cm³/mol. The van der Waals surface area contributed by atoms with Crippen molar-refractivity contribution in [2.75, 3.05) is 10.6 Å². The lowest BCUT2D eigenvalue weighted by atomic mass is 9.94. The number of nitrogens with one attached hydrogen (secondary N) is 2. The van der Waals surface area contributed by atoms with Crippen LogP contribution in [0.5, 0.6) is 0 Å². The number of pyridine rings is 1. The number of hydrogen-bond acceptors (Lipinski definition) is 3. The first-order chi connectivity index (χ1) is 16.2. The average Bonchev–Trinajstić information content (AvgIpc) is 3.20. The van der Waals surface area contributed by atoms with Crippen molar-refractivity contribution < 1.29 is 14.0 Å². The van der Waals surface area contributed by atoms with E-state index in [2.05, 4.69) is 17.2 Å². The molecule has 0 radical (unpaired) electrons. The third-order valence-corrected chi connectivity index (χ3v) is 6.17. The van der Waals surface area contributed by atoms with Crippen LogP contribution in [0.2, 0.25) is 5.02 Å². The van der Waals surface area contributed by atoms with Gasteiger partial charge in [0.15, 0.2) is 0 Å². The maximum Gasteiger partial charge on any atom is 0.257 e. The monoisotopic (exact) mass is 479 g/mol. The van der Waals surface area contributed by atoms with E-state index >= 15 is 0 Å². The molecule has 174 valence electrons. The van der Waals surface area contributed by atoms with Gasteiger partial charge in [0.2, 0.25) is 11.8 Å². The summed E-state index contributed by atoms with van der Waals surface area (Å²) in [7, 11) is 0. The van der Waals surface area contributed by atoms with E-state index in [0.29, 0.717) is 34.8 Å². The predicted octanol–water partition coefficient (Wildman–Crippen LogP) is 5.10. The topological polar surface area (TPSA) is 80.2 Å². The van der Waals surface area contributed by atoms with E-state index in [0.717, 1.165) is 5.57 Å². The molecule has 0 unspecified atom stereocenters. The van der Waals surface area contributed by atoms with Crippen LogP contribution in [0, 0.1) is 24.6 Å². The maximum absolute atomic E-state index is 14.8. The molecule has 1 aliphatic carbocycles. The van der Waals surface area contributed by atoms with Gasteiger partial charge in [-0.1, -0.05) is 29.8 Å². The molecule has 3 aromatic rings. The normalized spacial score (nSPS) is 17.4. The van der Waals surface area contributed by atoms with Crippen LogP contribution in [-0.2, 0) is 9.59 Å². The van der Waals surface area contributed by atoms with Crippen molar-refractivity contribution in [2.24, 2.45) is 11.8 Å². The number of carbonyl (C=O) groups excluding carboxylic acids is 2. The third kappa shape index (κ3) is 4.94. The number of nitrogens with zero attached hydrogens (tertiary/aromatic N) is 1. The Balaban J connectivity index is 1.50. The molecule has 0 bridgehead atoms. The fraction of sp³-hybridized carbons (Fsp3) is 0.192. The first-order valence-corrected chi connectivity index (χ1v) is 11.1. The zero-order chi connectivity index (χ0) is 24.4. The van der Waals surface area contributed by atoms with Gasteiger partial charge in [0.05, 0.1) is 23.2 Å². The smallest absolute Gasteiger partial charge is 0.257 e. The Labute approximate surface area is 201 Å². The van der Waals surface area contributed by atoms with Gasteiger partial charge in [-0.25, -0.2) is 4.39 Å². The van der Waals surface area contributed by atoms with Gasteiger partial charge in [0, 0.05) is 28.5 Å². The second-order valence-corrected chi connectivity index (χ2v) is 8.82. The van der Waals surface area contributed by atoms with Gasteiger partial charge in [-0.2, -0.15) is 0 Å². The van der Waals surface area contributed by atoms with Gasteiger partial charge in [-0.05, 0) is 62.2 Å². The quantitative estimate of drug-likeness (QED) is 0.500. The van der Waals surface area contributed by atoms with Gasteiger partial charge >= 0.3 is 0 Å². The van der Waals surface area contributed by atoms with E-state index in [-0.39, 0.29) is 17.2 Å². The molecule has 0 saturated heterocycles. The van der Waals surface area contributed by atoms with Crippen LogP contribution in [-0.4, -0.2) is 16.4 Å². The van der Waals surface area contributed by atoms with Crippen molar-refractivity contribution in [1.82, 2.24) is 4.57 Å². The first kappa shape index (κ1) is 23.4. The average molecular weight is 480 g/mol. The molecule has 2 N–H and O–H groups in total. The number of aromatic nitrogens is 1. The molecule has 2 atom stereocenters. The maximum atomic E-state index is 14.8. The highest BCUT2D eigenvalue weighted by Crippen LogP contribution is 2.37. The minimum absolute atomic E-state index is 0.0242. The number of allylic oxidation sites excluding steroid dienone is 1. The lowest BCUT2D eigenvalue weighted by Gasteiger charge is -2.19. The lowest BCUT2D eigenvalue weighted by molar-refractivity contribution is -0.128. The highest BCUT2D eigenvalue weighted by atomic mass is 35.5. The van der Waals surface area contributed by atoms with E-state index in [9.17, 15) is 18.8 Å². The summed E-state index contributed by atoms with van der Waals surface area (Å²) in [4.78, 5) is 38.2. The van der Waals surface area contributed by atoms with Gasteiger partial charge < -0.3 is 10.6 Å². The molecule has 0 spiro atoms. The van der Waals surface area contributed by atoms with Gasteiger partial charge in [0.25, 0.3) is 5.56 Å². The van der Waals surface area contributed by atoms with E-state index in [1.807, 2.05) is 0 Å². The summed E-state index contributed by atoms with van der Waals surface area (Å²) in [6.07, 6.45) is 2.26. The molecule has 4 rings (SSSR count). The number of halogens is 2. The molecule has 2 amide bonds. The van der Waals surface area contributed by atoms with E-state index in [4.69, 9.17) is 11.6 Å². The van der Waals surface area contributed by atoms with Gasteiger partial charge in [-0.3, -0.25) is 19.0 Å². The number of rotatable bonds is 5. The molecular formula is C26H23ClFN3O3. The molecule has 8 heteroatoms. The zero-order valence-electron chi connectivity index (χ0n) is 18.5. The number of hydrogen-bond donors (Lipinski definition) is 2. The molecule has 1 saturated carbocycles. The second kappa shape index (κ2) is 9.65. The van der Waals surface area contributed by atoms with Crippen LogP contribution in [0.1, 0.15) is 18.4 Å². The lowest BCUT2D eigenvalue weighted by Crippen LogP contribution is -2.33. The van der Waals surface area contributed by atoms with Crippen molar-refractivity contribution in [1.29, 1.82) is 0 Å². The van der Waals surface area contributed by atoms with Crippen LogP contribution in [0.3, 0.4) is 0 Å². The minimum atomic E-state index is -0.682.